The average molecular weight is 845 g/mol. The summed E-state index contributed by atoms with van der Waals surface area (Å²) in [7, 11) is -8.01. The van der Waals surface area contributed by atoms with Crippen LogP contribution in [0.1, 0.15) is 49.7 Å². The maximum atomic E-state index is 13.3. The number of amides is 1. The molecule has 17 heteroatoms. The van der Waals surface area contributed by atoms with Crippen LogP contribution in [0, 0.1) is 5.82 Å². The van der Waals surface area contributed by atoms with E-state index in [1.54, 1.807) is 54.6 Å². The molecule has 4 aromatic carbocycles. The topological polar surface area (TPSA) is 206 Å². The summed E-state index contributed by atoms with van der Waals surface area (Å²) in [4.78, 5) is 29.3. The minimum Gasteiger partial charge on any atom is -0.506 e. The minimum atomic E-state index is -4.00. The smallest absolute Gasteiger partial charge is 0.305 e. The standard InChI is InChI=1S/C28H37FN4O3S.2C6H6O3S/c29-22-6-4-5-20(19-22)11-14-30-16-13-25(35)33(23-7-2-1-3-8-23)18-17-31-15-12-21-9-10-24(34)26-27(21)37-28(36)32-26;2*7-10(8,9)6-4-2-1-3-5-6/h4-6,9-10,19,23,30-31,34H,1-3,7-8,11-18H2,(H,32,36);2*1-5H,(H,7,8,9). The number of nitrogens with zero attached hydrogens (tertiary/aromatic N) is 1. The maximum absolute atomic E-state index is 13.3. The molecule has 1 aromatic heterocycles. The summed E-state index contributed by atoms with van der Waals surface area (Å²) in [6.45, 7) is 3.43. The number of nitrogens with one attached hydrogen (secondary N) is 3. The Morgan fingerprint density at radius 3 is 1.95 bits per heavy atom. The highest BCUT2D eigenvalue weighted by atomic mass is 32.2. The molecule has 5 aromatic rings. The number of fused-ring (bicyclic) bond motifs is 1. The number of H-pyrrole nitrogens is 1. The van der Waals surface area contributed by atoms with E-state index in [2.05, 4.69) is 20.5 Å². The molecule has 0 radical (unpaired) electrons. The van der Waals surface area contributed by atoms with Crippen molar-refractivity contribution in [1.82, 2.24) is 20.5 Å². The summed E-state index contributed by atoms with van der Waals surface area (Å²) in [5.74, 6) is 0.0572. The number of benzene rings is 4. The van der Waals surface area contributed by atoms with Crippen LogP contribution >= 0.6 is 11.3 Å². The number of carbonyl (C=O) groups is 1. The monoisotopic (exact) mass is 844 g/mol. The summed E-state index contributed by atoms with van der Waals surface area (Å²) >= 11 is 1.12. The molecule has 57 heavy (non-hydrogen) atoms. The zero-order chi connectivity index (χ0) is 41.3. The lowest BCUT2D eigenvalue weighted by Crippen LogP contribution is -2.45. The molecule has 1 aliphatic carbocycles. The third kappa shape index (κ3) is 15.4. The first kappa shape index (κ1) is 45.2. The summed E-state index contributed by atoms with van der Waals surface area (Å²) < 4.78 is 72.6. The van der Waals surface area contributed by atoms with Crippen LogP contribution in [0.2, 0.25) is 0 Å². The van der Waals surface area contributed by atoms with Gasteiger partial charge in [-0.2, -0.15) is 16.8 Å². The van der Waals surface area contributed by atoms with Crippen molar-refractivity contribution in [2.75, 3.05) is 32.7 Å². The highest BCUT2D eigenvalue weighted by molar-refractivity contribution is 7.86. The van der Waals surface area contributed by atoms with Gasteiger partial charge in [0.2, 0.25) is 5.91 Å². The lowest BCUT2D eigenvalue weighted by atomic mass is 9.94. The largest absolute Gasteiger partial charge is 0.506 e. The lowest BCUT2D eigenvalue weighted by Gasteiger charge is -2.34. The predicted molar refractivity (Wildman–Crippen MR) is 219 cm³/mol. The van der Waals surface area contributed by atoms with Gasteiger partial charge in [-0.05, 0) is 92.4 Å². The summed E-state index contributed by atoms with van der Waals surface area (Å²) in [6.07, 6.45) is 7.64. The number of phenols is 1. The van der Waals surface area contributed by atoms with Gasteiger partial charge in [0.05, 0.1) is 14.5 Å². The highest BCUT2D eigenvalue weighted by Gasteiger charge is 2.24. The number of aromatic nitrogens is 1. The fourth-order valence-electron chi connectivity index (χ4n) is 6.30. The first-order valence-corrected chi connectivity index (χ1v) is 22.3. The number of hydrogen-bond donors (Lipinski definition) is 6. The third-order valence-electron chi connectivity index (χ3n) is 9.15. The van der Waals surface area contributed by atoms with Crippen molar-refractivity contribution >= 4 is 47.7 Å². The van der Waals surface area contributed by atoms with Crippen LogP contribution in [0.5, 0.6) is 5.75 Å². The molecular formula is C40H49FN4O9S3. The molecule has 0 bridgehead atoms. The van der Waals surface area contributed by atoms with E-state index in [0.717, 1.165) is 59.4 Å². The molecule has 13 nitrogen and oxygen atoms in total. The second kappa shape index (κ2) is 22.4. The number of carbonyl (C=O) groups excluding carboxylic acids is 1. The van der Waals surface area contributed by atoms with Crippen LogP contribution in [0.3, 0.4) is 0 Å². The van der Waals surface area contributed by atoms with Crippen molar-refractivity contribution in [2.24, 2.45) is 0 Å². The van der Waals surface area contributed by atoms with Crippen LogP contribution in [0.4, 0.5) is 4.39 Å². The molecule has 0 unspecified atom stereocenters. The number of aromatic hydroxyl groups is 1. The van der Waals surface area contributed by atoms with Crippen LogP contribution in [-0.2, 0) is 37.9 Å². The molecule has 0 aliphatic heterocycles. The van der Waals surface area contributed by atoms with Gasteiger partial charge in [0, 0.05) is 32.1 Å². The second-order valence-electron chi connectivity index (χ2n) is 13.3. The van der Waals surface area contributed by atoms with Crippen molar-refractivity contribution in [2.45, 2.75) is 67.2 Å². The fourth-order valence-corrected chi connectivity index (χ4v) is 8.19. The van der Waals surface area contributed by atoms with E-state index in [9.17, 15) is 35.9 Å². The van der Waals surface area contributed by atoms with E-state index < -0.39 is 20.2 Å². The predicted octanol–water partition coefficient (Wildman–Crippen LogP) is 5.82. The molecule has 1 fully saturated rings. The van der Waals surface area contributed by atoms with Crippen LogP contribution in [-0.4, -0.2) is 85.6 Å². The number of phenolic OH excluding ortho intramolecular Hbond substituents is 1. The molecule has 0 spiro atoms. The molecule has 1 saturated carbocycles. The summed E-state index contributed by atoms with van der Waals surface area (Å²) in [6, 6.07) is 25.3. The molecule has 1 heterocycles. The molecule has 1 amide bonds. The summed E-state index contributed by atoms with van der Waals surface area (Å²) in [5.41, 5.74) is 2.48. The average Bonchev–Trinajstić information content (AvgIpc) is 3.60. The Balaban J connectivity index is 0.000000291. The Morgan fingerprint density at radius 2 is 1.37 bits per heavy atom. The summed E-state index contributed by atoms with van der Waals surface area (Å²) in [5, 5.41) is 16.8. The van der Waals surface area contributed by atoms with Crippen LogP contribution < -0.4 is 15.5 Å². The number of halogens is 1. The molecular weight excluding hydrogens is 796 g/mol. The van der Waals surface area contributed by atoms with E-state index >= 15 is 0 Å². The van der Waals surface area contributed by atoms with E-state index in [-0.39, 0.29) is 32.1 Å². The van der Waals surface area contributed by atoms with E-state index in [0.29, 0.717) is 44.2 Å². The van der Waals surface area contributed by atoms with E-state index in [1.165, 1.54) is 49.6 Å². The first-order valence-electron chi connectivity index (χ1n) is 18.6. The van der Waals surface area contributed by atoms with Gasteiger partial charge >= 0.3 is 4.87 Å². The van der Waals surface area contributed by atoms with E-state index in [4.69, 9.17) is 9.11 Å². The van der Waals surface area contributed by atoms with Crippen LogP contribution in [0.25, 0.3) is 10.2 Å². The van der Waals surface area contributed by atoms with Crippen molar-refractivity contribution in [3.63, 3.8) is 0 Å². The Bertz CT molecular complexity index is 2220. The second-order valence-corrected chi connectivity index (χ2v) is 17.1. The van der Waals surface area contributed by atoms with Gasteiger partial charge in [-0.1, -0.05) is 85.2 Å². The number of hydrogen-bond acceptors (Lipinski definition) is 10. The number of aromatic amines is 1. The Hall–Kier alpha value is -4.49. The minimum absolute atomic E-state index is 0.0741. The van der Waals surface area contributed by atoms with Gasteiger partial charge in [-0.25, -0.2) is 4.39 Å². The molecule has 0 saturated heterocycles. The van der Waals surface area contributed by atoms with E-state index in [1.807, 2.05) is 12.1 Å². The Kier molecular flexibility index (Phi) is 17.8. The normalized spacial score (nSPS) is 13.2. The zero-order valence-electron chi connectivity index (χ0n) is 31.3. The SMILES string of the molecule is O=C(CCNCCc1cccc(F)c1)N(CCNCCc1ccc(O)c2[nH]c(=O)sc12)C1CCCCC1.O=S(=O)(O)c1ccccc1.O=S(=O)(O)c1ccccc1. The van der Waals surface area contributed by atoms with Gasteiger partial charge in [0.25, 0.3) is 20.2 Å². The van der Waals surface area contributed by atoms with Crippen molar-refractivity contribution in [3.05, 3.63) is 124 Å². The van der Waals surface area contributed by atoms with Crippen molar-refractivity contribution < 1.29 is 40.2 Å². The molecule has 0 atom stereocenters. The Morgan fingerprint density at radius 1 is 0.772 bits per heavy atom. The van der Waals surface area contributed by atoms with Gasteiger partial charge in [-0.3, -0.25) is 18.7 Å². The van der Waals surface area contributed by atoms with Gasteiger partial charge in [0.1, 0.15) is 17.1 Å². The van der Waals surface area contributed by atoms with Crippen molar-refractivity contribution in [3.8, 4) is 5.75 Å². The first-order chi connectivity index (χ1) is 27.2. The maximum Gasteiger partial charge on any atom is 0.305 e. The van der Waals surface area contributed by atoms with Crippen LogP contribution in [0.15, 0.2) is 112 Å². The van der Waals surface area contributed by atoms with Crippen molar-refractivity contribution in [1.29, 1.82) is 0 Å². The number of thiazole rings is 1. The molecule has 6 rings (SSSR count). The highest BCUT2D eigenvalue weighted by Crippen LogP contribution is 2.28. The molecule has 6 N–H and O–H groups in total. The number of rotatable bonds is 15. The van der Waals surface area contributed by atoms with Gasteiger partial charge < -0.3 is 25.6 Å². The molecule has 308 valence electrons. The lowest BCUT2D eigenvalue weighted by molar-refractivity contribution is -0.134. The van der Waals surface area contributed by atoms with Gasteiger partial charge in [0.15, 0.2) is 0 Å². The third-order valence-corrected chi connectivity index (χ3v) is 11.8. The zero-order valence-corrected chi connectivity index (χ0v) is 33.8. The molecule has 1 aliphatic rings. The quantitative estimate of drug-likeness (QED) is 0.0547. The fraction of sp³-hybridized carbons (Fsp3) is 0.350. The van der Waals surface area contributed by atoms with Gasteiger partial charge in [-0.15, -0.1) is 0 Å². The Labute approximate surface area is 336 Å².